The number of benzene rings is 1. The highest BCUT2D eigenvalue weighted by Crippen LogP contribution is 2.45. The Morgan fingerprint density at radius 3 is 2.67 bits per heavy atom. The maximum atomic E-state index is 13.2. The molecule has 4 heteroatoms. The summed E-state index contributed by atoms with van der Waals surface area (Å²) in [6.45, 7) is 7.74. The number of amides is 1. The summed E-state index contributed by atoms with van der Waals surface area (Å²) in [5.41, 5.74) is 4.32. The lowest BCUT2D eigenvalue weighted by Crippen LogP contribution is -2.52. The van der Waals surface area contributed by atoms with E-state index in [9.17, 15) is 4.79 Å². The first-order valence-electron chi connectivity index (χ1n) is 12.0. The average Bonchev–Trinajstić information content (AvgIpc) is 3.10. The monoisotopic (exact) mass is 407 g/mol. The minimum Gasteiger partial charge on any atom is -0.353 e. The molecule has 162 valence electrons. The first-order valence-corrected chi connectivity index (χ1v) is 12.0. The van der Waals surface area contributed by atoms with Gasteiger partial charge in [-0.3, -0.25) is 4.79 Å². The molecule has 1 aromatic heterocycles. The molecule has 1 saturated carbocycles. The Morgan fingerprint density at radius 2 is 1.93 bits per heavy atom. The maximum absolute atomic E-state index is 13.2. The van der Waals surface area contributed by atoms with Crippen LogP contribution in [-0.4, -0.2) is 41.1 Å². The van der Waals surface area contributed by atoms with Gasteiger partial charge in [-0.25, -0.2) is 0 Å². The van der Waals surface area contributed by atoms with Gasteiger partial charge in [0.05, 0.1) is 5.92 Å². The third kappa shape index (κ3) is 3.37. The van der Waals surface area contributed by atoms with Crippen LogP contribution in [0.15, 0.2) is 24.4 Å². The summed E-state index contributed by atoms with van der Waals surface area (Å²) in [7, 11) is 2.23. The first kappa shape index (κ1) is 20.1. The lowest BCUT2D eigenvalue weighted by atomic mass is 9.72. The molecule has 0 radical (unpaired) electrons. The molecule has 0 spiro atoms. The molecule has 1 aliphatic heterocycles. The van der Waals surface area contributed by atoms with Gasteiger partial charge in [-0.2, -0.15) is 0 Å². The molecule has 30 heavy (non-hydrogen) atoms. The standard InChI is InChI=1S/C26H37N3O/c1-16(2)29-15-18-13-24-22(21-6-5-7-23(29)25(18)21)12-19(14-28(24)4)26(30)27-20-10-8-17(3)9-11-20/h5-7,15-17,19-20,22,24H,8-14H2,1-4H3,(H,27,30)/t17?,19?,20?,22-,24-/m1/s1. The third-order valence-corrected chi connectivity index (χ3v) is 8.16. The number of carbonyl (C=O) groups excluding carboxylic acids is 1. The van der Waals surface area contributed by atoms with Gasteiger partial charge in [0.15, 0.2) is 0 Å². The minimum atomic E-state index is 0.0968. The van der Waals surface area contributed by atoms with E-state index in [4.69, 9.17) is 0 Å². The van der Waals surface area contributed by atoms with Crippen molar-refractivity contribution >= 4 is 16.8 Å². The Balaban J connectivity index is 1.40. The van der Waals surface area contributed by atoms with Crippen molar-refractivity contribution in [2.45, 2.75) is 83.3 Å². The van der Waals surface area contributed by atoms with Crippen LogP contribution >= 0.6 is 0 Å². The van der Waals surface area contributed by atoms with Gasteiger partial charge < -0.3 is 14.8 Å². The number of piperidine rings is 1. The van der Waals surface area contributed by atoms with E-state index < -0.39 is 0 Å². The molecule has 2 fully saturated rings. The van der Waals surface area contributed by atoms with Crippen LogP contribution in [0.5, 0.6) is 0 Å². The summed E-state index contributed by atoms with van der Waals surface area (Å²) in [6.07, 6.45) is 9.25. The molecule has 1 N–H and O–H groups in total. The Labute approximate surface area is 181 Å². The second-order valence-electron chi connectivity index (χ2n) is 10.6. The number of aromatic nitrogens is 1. The van der Waals surface area contributed by atoms with Crippen molar-refractivity contribution in [2.75, 3.05) is 13.6 Å². The summed E-state index contributed by atoms with van der Waals surface area (Å²) in [5.74, 6) is 1.65. The van der Waals surface area contributed by atoms with Gasteiger partial charge in [-0.05, 0) is 82.5 Å². The first-order chi connectivity index (χ1) is 14.4. The number of hydrogen-bond donors (Lipinski definition) is 1. The number of rotatable bonds is 3. The molecular formula is C26H37N3O. The Hall–Kier alpha value is -1.81. The van der Waals surface area contributed by atoms with Crippen molar-refractivity contribution < 1.29 is 4.79 Å². The zero-order chi connectivity index (χ0) is 21.0. The minimum absolute atomic E-state index is 0.0968. The van der Waals surface area contributed by atoms with Crippen molar-refractivity contribution in [2.24, 2.45) is 11.8 Å². The second-order valence-corrected chi connectivity index (χ2v) is 10.6. The zero-order valence-corrected chi connectivity index (χ0v) is 19.0. The highest BCUT2D eigenvalue weighted by molar-refractivity contribution is 5.89. The number of fused-ring (bicyclic) bond motifs is 2. The topological polar surface area (TPSA) is 37.3 Å². The van der Waals surface area contributed by atoms with Crippen LogP contribution in [-0.2, 0) is 11.2 Å². The van der Waals surface area contributed by atoms with E-state index in [0.29, 0.717) is 24.0 Å². The van der Waals surface area contributed by atoms with Crippen LogP contribution in [0.2, 0.25) is 0 Å². The number of likely N-dealkylation sites (N-methyl/N-ethyl adjacent to an activating group) is 1. The van der Waals surface area contributed by atoms with Crippen molar-refractivity contribution in [1.82, 2.24) is 14.8 Å². The molecule has 2 aliphatic carbocycles. The molecule has 2 heterocycles. The van der Waals surface area contributed by atoms with Gasteiger partial charge in [0, 0.05) is 47.7 Å². The molecule has 1 aromatic carbocycles. The molecule has 0 bridgehead atoms. The van der Waals surface area contributed by atoms with Crippen molar-refractivity contribution in [3.8, 4) is 0 Å². The van der Waals surface area contributed by atoms with Crippen molar-refractivity contribution in [1.29, 1.82) is 0 Å². The van der Waals surface area contributed by atoms with E-state index in [-0.39, 0.29) is 11.8 Å². The van der Waals surface area contributed by atoms with E-state index in [1.165, 1.54) is 34.9 Å². The highest BCUT2D eigenvalue weighted by Gasteiger charge is 2.42. The Morgan fingerprint density at radius 1 is 1.17 bits per heavy atom. The lowest BCUT2D eigenvalue weighted by Gasteiger charge is -2.45. The zero-order valence-electron chi connectivity index (χ0n) is 19.0. The van der Waals surface area contributed by atoms with Crippen molar-refractivity contribution in [3.63, 3.8) is 0 Å². The summed E-state index contributed by atoms with van der Waals surface area (Å²) >= 11 is 0. The fraction of sp³-hybridized carbons (Fsp3) is 0.654. The lowest BCUT2D eigenvalue weighted by molar-refractivity contribution is -0.128. The molecule has 1 saturated heterocycles. The molecule has 5 rings (SSSR count). The van der Waals surface area contributed by atoms with Gasteiger partial charge >= 0.3 is 0 Å². The molecule has 1 amide bonds. The molecule has 3 aliphatic rings. The van der Waals surface area contributed by atoms with Crippen LogP contribution in [0.3, 0.4) is 0 Å². The quantitative estimate of drug-likeness (QED) is 0.788. The second kappa shape index (κ2) is 7.71. The normalized spacial score (nSPS) is 31.7. The number of likely N-dealkylation sites (tertiary alicyclic amines) is 1. The molecule has 1 unspecified atom stereocenters. The molecule has 3 atom stereocenters. The fourth-order valence-corrected chi connectivity index (χ4v) is 6.41. The highest BCUT2D eigenvalue weighted by atomic mass is 16.2. The molecule has 2 aromatic rings. The van der Waals surface area contributed by atoms with Gasteiger partial charge in [-0.15, -0.1) is 0 Å². The Kier molecular flexibility index (Phi) is 5.17. The van der Waals surface area contributed by atoms with Gasteiger partial charge in [0.25, 0.3) is 0 Å². The number of nitrogens with one attached hydrogen (secondary N) is 1. The van der Waals surface area contributed by atoms with Gasteiger partial charge in [0.2, 0.25) is 5.91 Å². The van der Waals surface area contributed by atoms with E-state index >= 15 is 0 Å². The number of nitrogens with zero attached hydrogens (tertiary/aromatic N) is 2. The maximum Gasteiger partial charge on any atom is 0.224 e. The number of hydrogen-bond acceptors (Lipinski definition) is 2. The SMILES string of the molecule is CC1CCC(NC(=O)C2C[C@@H]3c4cccc5c4c(cn5C(C)C)C[C@H]3N(C)C2)CC1. The van der Waals surface area contributed by atoms with E-state index in [1.807, 2.05) is 0 Å². The summed E-state index contributed by atoms with van der Waals surface area (Å²) in [6, 6.07) is 8.17. The predicted octanol–water partition coefficient (Wildman–Crippen LogP) is 4.88. The van der Waals surface area contributed by atoms with Crippen LogP contribution in [0.25, 0.3) is 10.9 Å². The molecule has 4 nitrogen and oxygen atoms in total. The average molecular weight is 408 g/mol. The Bertz CT molecular complexity index is 937. The van der Waals surface area contributed by atoms with Crippen molar-refractivity contribution in [3.05, 3.63) is 35.5 Å². The van der Waals surface area contributed by atoms with E-state index in [1.54, 1.807) is 0 Å². The largest absolute Gasteiger partial charge is 0.353 e. The predicted molar refractivity (Wildman–Crippen MR) is 123 cm³/mol. The number of carbonyl (C=O) groups is 1. The van der Waals surface area contributed by atoms with Gasteiger partial charge in [0.1, 0.15) is 0 Å². The van der Waals surface area contributed by atoms with Crippen LogP contribution in [0.1, 0.15) is 76.0 Å². The van der Waals surface area contributed by atoms with E-state index in [2.05, 4.69) is 67.0 Å². The summed E-state index contributed by atoms with van der Waals surface area (Å²) < 4.78 is 2.43. The van der Waals surface area contributed by atoms with Gasteiger partial charge in [-0.1, -0.05) is 19.1 Å². The fourth-order valence-electron chi connectivity index (χ4n) is 6.41. The third-order valence-electron chi connectivity index (χ3n) is 8.16. The van der Waals surface area contributed by atoms with Crippen LogP contribution < -0.4 is 5.32 Å². The smallest absolute Gasteiger partial charge is 0.224 e. The van der Waals surface area contributed by atoms with Crippen LogP contribution in [0, 0.1) is 11.8 Å². The molecular weight excluding hydrogens is 370 g/mol. The van der Waals surface area contributed by atoms with E-state index in [0.717, 1.165) is 38.1 Å². The summed E-state index contributed by atoms with van der Waals surface area (Å²) in [5, 5.41) is 4.88. The summed E-state index contributed by atoms with van der Waals surface area (Å²) in [4.78, 5) is 15.7. The van der Waals surface area contributed by atoms with Crippen LogP contribution in [0.4, 0.5) is 0 Å².